The highest BCUT2D eigenvalue weighted by Crippen LogP contribution is 2.30. The summed E-state index contributed by atoms with van der Waals surface area (Å²) in [7, 11) is 0. The second-order valence-corrected chi connectivity index (χ2v) is 5.25. The number of piperazine rings is 1. The fourth-order valence-corrected chi connectivity index (χ4v) is 2.43. The van der Waals surface area contributed by atoms with Crippen molar-refractivity contribution >= 4 is 11.8 Å². The van der Waals surface area contributed by atoms with Crippen molar-refractivity contribution in [2.75, 3.05) is 0 Å². The van der Waals surface area contributed by atoms with Crippen molar-refractivity contribution in [1.82, 2.24) is 10.2 Å². The number of carbonyl (C=O) groups excluding carboxylic acids is 2. The van der Waals surface area contributed by atoms with Crippen molar-refractivity contribution in [1.29, 1.82) is 0 Å². The third-order valence-corrected chi connectivity index (χ3v) is 3.98. The third-order valence-electron chi connectivity index (χ3n) is 3.98. The Kier molecular flexibility index (Phi) is 3.39. The molecule has 0 radical (unpaired) electrons. The molecule has 1 aliphatic rings. The van der Waals surface area contributed by atoms with E-state index < -0.39 is 11.6 Å². The zero-order chi connectivity index (χ0) is 14.2. The van der Waals surface area contributed by atoms with Crippen LogP contribution in [0.1, 0.15) is 45.9 Å². The van der Waals surface area contributed by atoms with Gasteiger partial charge in [-0.2, -0.15) is 0 Å². The molecule has 2 heterocycles. The molecular formula is C14H20N2O3. The Morgan fingerprint density at radius 1 is 1.53 bits per heavy atom. The number of carbonyl (C=O) groups is 2. The summed E-state index contributed by atoms with van der Waals surface area (Å²) in [6.07, 6.45) is 2.13. The van der Waals surface area contributed by atoms with E-state index in [1.54, 1.807) is 31.1 Å². The first kappa shape index (κ1) is 13.6. The van der Waals surface area contributed by atoms with Gasteiger partial charge in [-0.25, -0.2) is 0 Å². The Morgan fingerprint density at radius 2 is 2.21 bits per heavy atom. The topological polar surface area (TPSA) is 62.6 Å². The summed E-state index contributed by atoms with van der Waals surface area (Å²) >= 11 is 0. The third kappa shape index (κ3) is 2.13. The fourth-order valence-electron chi connectivity index (χ4n) is 2.43. The van der Waals surface area contributed by atoms with E-state index in [1.807, 2.05) is 19.9 Å². The molecule has 2 rings (SSSR count). The molecule has 3 atom stereocenters. The van der Waals surface area contributed by atoms with Gasteiger partial charge in [-0.3, -0.25) is 9.59 Å². The molecule has 0 aliphatic carbocycles. The number of furan rings is 1. The van der Waals surface area contributed by atoms with E-state index in [1.165, 1.54) is 0 Å². The molecule has 0 aromatic carbocycles. The Hall–Kier alpha value is -1.78. The van der Waals surface area contributed by atoms with Crippen molar-refractivity contribution in [3.05, 3.63) is 24.2 Å². The van der Waals surface area contributed by atoms with Gasteiger partial charge in [0.1, 0.15) is 17.3 Å². The first-order chi connectivity index (χ1) is 8.90. The molecule has 1 saturated heterocycles. The van der Waals surface area contributed by atoms with E-state index in [0.29, 0.717) is 12.2 Å². The summed E-state index contributed by atoms with van der Waals surface area (Å²) in [6, 6.07) is 2.85. The highest BCUT2D eigenvalue weighted by molar-refractivity contribution is 5.99. The van der Waals surface area contributed by atoms with Crippen molar-refractivity contribution < 1.29 is 14.0 Å². The molecule has 5 nitrogen and oxygen atoms in total. The number of nitrogens with zero attached hydrogens (tertiary/aromatic N) is 1. The predicted molar refractivity (Wildman–Crippen MR) is 70.3 cm³/mol. The molecule has 0 bridgehead atoms. The molecule has 2 amide bonds. The van der Waals surface area contributed by atoms with Gasteiger partial charge in [0.25, 0.3) is 0 Å². The van der Waals surface area contributed by atoms with Crippen LogP contribution in [0.2, 0.25) is 0 Å². The molecule has 0 saturated carbocycles. The molecule has 1 aromatic heterocycles. The lowest BCUT2D eigenvalue weighted by molar-refractivity contribution is -0.156. The first-order valence-electron chi connectivity index (χ1n) is 6.59. The van der Waals surface area contributed by atoms with Crippen LogP contribution in [0.5, 0.6) is 0 Å². The number of amides is 2. The highest BCUT2D eigenvalue weighted by atomic mass is 16.3. The first-order valence-corrected chi connectivity index (χ1v) is 6.59. The van der Waals surface area contributed by atoms with Crippen LogP contribution < -0.4 is 5.32 Å². The van der Waals surface area contributed by atoms with Crippen molar-refractivity contribution in [3.63, 3.8) is 0 Å². The predicted octanol–water partition coefficient (Wildman–Crippen LogP) is 1.86. The molecule has 104 valence electrons. The highest BCUT2D eigenvalue weighted by Gasteiger charge is 2.47. The van der Waals surface area contributed by atoms with Gasteiger partial charge in [0.15, 0.2) is 0 Å². The van der Waals surface area contributed by atoms with Crippen LogP contribution in [0.4, 0.5) is 0 Å². The Morgan fingerprint density at radius 3 is 2.74 bits per heavy atom. The molecule has 0 spiro atoms. The van der Waals surface area contributed by atoms with Crippen LogP contribution in [0.3, 0.4) is 0 Å². The summed E-state index contributed by atoms with van der Waals surface area (Å²) in [5.41, 5.74) is -0.829. The number of hydrogen-bond donors (Lipinski definition) is 1. The van der Waals surface area contributed by atoms with Gasteiger partial charge in [-0.05, 0) is 39.3 Å². The summed E-state index contributed by atoms with van der Waals surface area (Å²) in [6.45, 7) is 7.27. The molecule has 1 aromatic rings. The van der Waals surface area contributed by atoms with Crippen molar-refractivity contribution in [2.45, 2.75) is 51.7 Å². The maximum atomic E-state index is 12.6. The minimum Gasteiger partial charge on any atom is -0.467 e. The average molecular weight is 264 g/mol. The molecule has 19 heavy (non-hydrogen) atoms. The summed E-state index contributed by atoms with van der Waals surface area (Å²) in [5.74, 6) is 0.502. The van der Waals surface area contributed by atoms with E-state index in [0.717, 1.165) is 0 Å². The molecule has 1 aliphatic heterocycles. The maximum absolute atomic E-state index is 12.6. The van der Waals surface area contributed by atoms with Gasteiger partial charge >= 0.3 is 0 Å². The number of nitrogens with one attached hydrogen (secondary N) is 1. The van der Waals surface area contributed by atoms with Crippen LogP contribution in [0, 0.1) is 0 Å². The molecular weight excluding hydrogens is 244 g/mol. The van der Waals surface area contributed by atoms with Gasteiger partial charge in [-0.1, -0.05) is 6.92 Å². The average Bonchev–Trinajstić information content (AvgIpc) is 2.90. The summed E-state index contributed by atoms with van der Waals surface area (Å²) in [5, 5.41) is 2.81. The van der Waals surface area contributed by atoms with E-state index in [4.69, 9.17) is 4.42 Å². The lowest BCUT2D eigenvalue weighted by atomic mass is 9.91. The minimum atomic E-state index is -0.829. The van der Waals surface area contributed by atoms with Crippen molar-refractivity contribution in [2.24, 2.45) is 0 Å². The Balaban J connectivity index is 2.36. The van der Waals surface area contributed by atoms with Gasteiger partial charge in [0, 0.05) is 0 Å². The van der Waals surface area contributed by atoms with Crippen molar-refractivity contribution in [3.8, 4) is 0 Å². The summed E-state index contributed by atoms with van der Waals surface area (Å²) < 4.78 is 5.36. The van der Waals surface area contributed by atoms with E-state index >= 15 is 0 Å². The smallest absolute Gasteiger partial charge is 0.249 e. The van der Waals surface area contributed by atoms with E-state index in [2.05, 4.69) is 5.32 Å². The van der Waals surface area contributed by atoms with Crippen LogP contribution in [-0.2, 0) is 9.59 Å². The van der Waals surface area contributed by atoms with Gasteiger partial charge in [0.2, 0.25) is 11.8 Å². The molecule has 1 fully saturated rings. The van der Waals surface area contributed by atoms with E-state index in [9.17, 15) is 9.59 Å². The van der Waals surface area contributed by atoms with Crippen LogP contribution >= 0.6 is 0 Å². The van der Waals surface area contributed by atoms with Gasteiger partial charge in [0.05, 0.1) is 12.3 Å². The standard InChI is InChI=1S/C14H20N2O3/c1-5-14(4)13(18)16(10(3)12(17)15-14)9(2)11-7-6-8-19-11/h6-10H,5H2,1-4H3,(H,15,17). The summed E-state index contributed by atoms with van der Waals surface area (Å²) in [4.78, 5) is 26.3. The van der Waals surface area contributed by atoms with Crippen LogP contribution in [0.25, 0.3) is 0 Å². The number of rotatable bonds is 3. The van der Waals surface area contributed by atoms with Gasteiger partial charge < -0.3 is 14.6 Å². The fraction of sp³-hybridized carbons (Fsp3) is 0.571. The van der Waals surface area contributed by atoms with Crippen LogP contribution in [-0.4, -0.2) is 28.3 Å². The Bertz CT molecular complexity index is 483. The zero-order valence-corrected chi connectivity index (χ0v) is 11.8. The van der Waals surface area contributed by atoms with Gasteiger partial charge in [-0.15, -0.1) is 0 Å². The molecule has 1 N–H and O–H groups in total. The maximum Gasteiger partial charge on any atom is 0.249 e. The second kappa shape index (κ2) is 4.72. The number of hydrogen-bond acceptors (Lipinski definition) is 3. The SMILES string of the molecule is CCC1(C)NC(=O)C(C)N(C(C)c2ccco2)C1=O. The van der Waals surface area contributed by atoms with E-state index in [-0.39, 0.29) is 17.9 Å². The second-order valence-electron chi connectivity index (χ2n) is 5.25. The monoisotopic (exact) mass is 264 g/mol. The molecule has 3 unspecified atom stereocenters. The lowest BCUT2D eigenvalue weighted by Gasteiger charge is -2.45. The lowest BCUT2D eigenvalue weighted by Crippen LogP contribution is -2.68. The largest absolute Gasteiger partial charge is 0.467 e. The zero-order valence-electron chi connectivity index (χ0n) is 11.8. The normalized spacial score (nSPS) is 29.3. The van der Waals surface area contributed by atoms with Crippen LogP contribution in [0.15, 0.2) is 22.8 Å². The molecule has 5 heteroatoms. The minimum absolute atomic E-state index is 0.0639. The quantitative estimate of drug-likeness (QED) is 0.906. The Labute approximate surface area is 113 Å².